The van der Waals surface area contributed by atoms with E-state index in [2.05, 4.69) is 19.6 Å². The van der Waals surface area contributed by atoms with E-state index in [1.807, 2.05) is 0 Å². The number of H-pyrrole nitrogens is 1. The molecule has 182 valence electrons. The Morgan fingerprint density at radius 1 is 1.18 bits per heavy atom. The van der Waals surface area contributed by atoms with Crippen LogP contribution in [-0.4, -0.2) is 66.8 Å². The van der Waals surface area contributed by atoms with E-state index in [0.717, 1.165) is 19.0 Å². The Kier molecular flexibility index (Phi) is 7.76. The molecule has 0 bridgehead atoms. The zero-order valence-electron chi connectivity index (χ0n) is 18.1. The molecular formula is C22H24Cl2N4O5S. The molecule has 2 heterocycles. The van der Waals surface area contributed by atoms with Crippen LogP contribution < -0.4 is 15.0 Å². The second-order valence-corrected chi connectivity index (χ2v) is 10.7. The Labute approximate surface area is 206 Å². The van der Waals surface area contributed by atoms with Crippen molar-refractivity contribution in [3.63, 3.8) is 0 Å². The van der Waals surface area contributed by atoms with Crippen molar-refractivity contribution in [3.8, 4) is 5.75 Å². The van der Waals surface area contributed by atoms with E-state index < -0.39 is 16.1 Å². The van der Waals surface area contributed by atoms with Crippen molar-refractivity contribution in [1.82, 2.24) is 19.6 Å². The fourth-order valence-corrected chi connectivity index (χ4v) is 5.17. The number of nitrogens with zero attached hydrogens (tertiary/aromatic N) is 2. The second-order valence-electron chi connectivity index (χ2n) is 8.13. The number of piperidine rings is 1. The molecule has 1 fully saturated rings. The minimum atomic E-state index is -3.85. The normalized spacial score (nSPS) is 16.6. The zero-order valence-corrected chi connectivity index (χ0v) is 20.4. The van der Waals surface area contributed by atoms with Gasteiger partial charge in [0.05, 0.1) is 38.3 Å². The van der Waals surface area contributed by atoms with Crippen molar-refractivity contribution in [1.29, 1.82) is 0 Å². The summed E-state index contributed by atoms with van der Waals surface area (Å²) in [6.45, 7) is 1.64. The predicted molar refractivity (Wildman–Crippen MR) is 130 cm³/mol. The first-order chi connectivity index (χ1) is 16.2. The Bertz CT molecular complexity index is 1330. The molecule has 3 N–H and O–H groups in total. The molecule has 1 aliphatic rings. The monoisotopic (exact) mass is 526 g/mol. The molecule has 0 saturated carbocycles. The average molecular weight is 527 g/mol. The number of fused-ring (bicyclic) bond motifs is 1. The standard InChI is InChI=1S/C22H24Cl2N4O5S/c23-18-3-1-16(9-19(18)24)33-15-5-7-28(8-6-15)13-14(29)11-26-34(31,32)17-2-4-20-21(10-17)25-12-22(30)27-20/h1-4,9-10,12,14-15,26,29H,5-8,11,13H2,(H,27,30). The van der Waals surface area contributed by atoms with Crippen LogP contribution in [-0.2, 0) is 10.0 Å². The number of halogens is 2. The first kappa shape index (κ1) is 24.9. The quantitative estimate of drug-likeness (QED) is 0.411. The number of aromatic nitrogens is 2. The van der Waals surface area contributed by atoms with E-state index in [1.165, 1.54) is 18.2 Å². The Morgan fingerprint density at radius 2 is 1.94 bits per heavy atom. The minimum absolute atomic E-state index is 0.00650. The van der Waals surface area contributed by atoms with Gasteiger partial charge in [0.1, 0.15) is 11.9 Å². The van der Waals surface area contributed by atoms with Crippen molar-refractivity contribution >= 4 is 44.3 Å². The van der Waals surface area contributed by atoms with Gasteiger partial charge in [-0.3, -0.25) is 4.79 Å². The summed E-state index contributed by atoms with van der Waals surface area (Å²) in [4.78, 5) is 20.0. The number of hydrogen-bond donors (Lipinski definition) is 3. The molecule has 0 radical (unpaired) electrons. The SMILES string of the molecule is O=c1cnc2cc(S(=O)(=O)NCC(O)CN3CCC(Oc4ccc(Cl)c(Cl)c4)CC3)ccc2[nH]1. The number of sulfonamides is 1. The van der Waals surface area contributed by atoms with E-state index in [-0.39, 0.29) is 23.1 Å². The number of rotatable bonds is 8. The van der Waals surface area contributed by atoms with Crippen LogP contribution in [0.25, 0.3) is 11.0 Å². The smallest absolute Gasteiger partial charge is 0.266 e. The third kappa shape index (κ3) is 6.26. The summed E-state index contributed by atoms with van der Waals surface area (Å²) in [7, 11) is -3.85. The summed E-state index contributed by atoms with van der Waals surface area (Å²) in [5.41, 5.74) is 0.432. The largest absolute Gasteiger partial charge is 0.490 e. The molecule has 1 atom stereocenters. The molecule has 0 aliphatic carbocycles. The summed E-state index contributed by atoms with van der Waals surface area (Å²) >= 11 is 12.0. The highest BCUT2D eigenvalue weighted by Crippen LogP contribution is 2.28. The number of β-amino-alcohol motifs (C(OH)–C–C–N with tert-alkyl or cyclic N) is 1. The van der Waals surface area contributed by atoms with Gasteiger partial charge in [0, 0.05) is 32.2 Å². The first-order valence-electron chi connectivity index (χ1n) is 10.7. The molecule has 1 aromatic heterocycles. The van der Waals surface area contributed by atoms with E-state index in [0.29, 0.717) is 46.5 Å². The number of benzene rings is 2. The molecule has 2 aromatic carbocycles. The molecule has 34 heavy (non-hydrogen) atoms. The molecule has 1 unspecified atom stereocenters. The van der Waals surface area contributed by atoms with Crippen molar-refractivity contribution in [2.45, 2.75) is 29.9 Å². The molecule has 1 aliphatic heterocycles. The first-order valence-corrected chi connectivity index (χ1v) is 12.9. The topological polar surface area (TPSA) is 125 Å². The highest BCUT2D eigenvalue weighted by atomic mass is 35.5. The Morgan fingerprint density at radius 3 is 2.68 bits per heavy atom. The number of hydrogen-bond acceptors (Lipinski definition) is 7. The fourth-order valence-electron chi connectivity index (χ4n) is 3.79. The molecule has 3 aromatic rings. The maximum Gasteiger partial charge on any atom is 0.266 e. The predicted octanol–water partition coefficient (Wildman–Crippen LogP) is 2.41. The van der Waals surface area contributed by atoms with Crippen LogP contribution >= 0.6 is 23.2 Å². The number of aliphatic hydroxyl groups excluding tert-OH is 1. The Hall–Kier alpha value is -2.21. The maximum absolute atomic E-state index is 12.6. The van der Waals surface area contributed by atoms with Crippen molar-refractivity contribution in [2.24, 2.45) is 0 Å². The van der Waals surface area contributed by atoms with Crippen LogP contribution in [0.3, 0.4) is 0 Å². The molecule has 9 nitrogen and oxygen atoms in total. The Balaban J connectivity index is 1.25. The molecule has 4 rings (SSSR count). The van der Waals surface area contributed by atoms with Crippen LogP contribution in [0, 0.1) is 0 Å². The number of aromatic amines is 1. The average Bonchev–Trinajstić information content (AvgIpc) is 2.81. The van der Waals surface area contributed by atoms with Gasteiger partial charge in [-0.25, -0.2) is 18.1 Å². The van der Waals surface area contributed by atoms with Gasteiger partial charge in [-0.15, -0.1) is 0 Å². The van der Waals surface area contributed by atoms with Gasteiger partial charge in [-0.1, -0.05) is 23.2 Å². The van der Waals surface area contributed by atoms with E-state index >= 15 is 0 Å². The summed E-state index contributed by atoms with van der Waals surface area (Å²) in [6.07, 6.45) is 1.78. The lowest BCUT2D eigenvalue weighted by Crippen LogP contribution is -2.45. The van der Waals surface area contributed by atoms with Crippen LogP contribution in [0.4, 0.5) is 0 Å². The summed E-state index contributed by atoms with van der Waals surface area (Å²) in [6, 6.07) is 9.41. The third-order valence-corrected chi connectivity index (χ3v) is 7.72. The second kappa shape index (κ2) is 10.6. The van der Waals surface area contributed by atoms with E-state index in [4.69, 9.17) is 27.9 Å². The lowest BCUT2D eigenvalue weighted by Gasteiger charge is -2.33. The molecule has 12 heteroatoms. The number of nitrogens with one attached hydrogen (secondary N) is 2. The van der Waals surface area contributed by atoms with Gasteiger partial charge in [0.25, 0.3) is 5.56 Å². The van der Waals surface area contributed by atoms with Crippen LogP contribution in [0.15, 0.2) is 52.3 Å². The highest BCUT2D eigenvalue weighted by molar-refractivity contribution is 7.89. The fraction of sp³-hybridized carbons (Fsp3) is 0.364. The lowest BCUT2D eigenvalue weighted by atomic mass is 10.1. The lowest BCUT2D eigenvalue weighted by molar-refractivity contribution is 0.0630. The summed E-state index contributed by atoms with van der Waals surface area (Å²) in [5.74, 6) is 0.664. The van der Waals surface area contributed by atoms with Crippen molar-refractivity contribution < 1.29 is 18.3 Å². The third-order valence-electron chi connectivity index (χ3n) is 5.56. The van der Waals surface area contributed by atoms with Crippen LogP contribution in [0.1, 0.15) is 12.8 Å². The molecule has 1 saturated heterocycles. The van der Waals surface area contributed by atoms with Gasteiger partial charge in [0.15, 0.2) is 0 Å². The molecular weight excluding hydrogens is 503 g/mol. The molecule has 0 spiro atoms. The van der Waals surface area contributed by atoms with Crippen molar-refractivity contribution in [3.05, 3.63) is 63.0 Å². The zero-order chi connectivity index (χ0) is 24.3. The van der Waals surface area contributed by atoms with Gasteiger partial charge >= 0.3 is 0 Å². The number of aliphatic hydroxyl groups is 1. The van der Waals surface area contributed by atoms with Crippen molar-refractivity contribution in [2.75, 3.05) is 26.2 Å². The molecule has 0 amide bonds. The van der Waals surface area contributed by atoms with Crippen LogP contribution in [0.2, 0.25) is 10.0 Å². The van der Waals surface area contributed by atoms with Crippen LogP contribution in [0.5, 0.6) is 5.75 Å². The maximum atomic E-state index is 12.6. The van der Waals surface area contributed by atoms with E-state index in [1.54, 1.807) is 18.2 Å². The van der Waals surface area contributed by atoms with E-state index in [9.17, 15) is 18.3 Å². The van der Waals surface area contributed by atoms with Gasteiger partial charge < -0.3 is 19.7 Å². The van der Waals surface area contributed by atoms with Gasteiger partial charge in [-0.05, 0) is 43.2 Å². The number of ether oxygens (including phenoxy) is 1. The van der Waals surface area contributed by atoms with Gasteiger partial charge in [-0.2, -0.15) is 0 Å². The summed E-state index contributed by atoms with van der Waals surface area (Å²) < 4.78 is 33.7. The number of likely N-dealkylation sites (tertiary alicyclic amines) is 1. The summed E-state index contributed by atoms with van der Waals surface area (Å²) in [5, 5.41) is 11.3. The highest BCUT2D eigenvalue weighted by Gasteiger charge is 2.23. The van der Waals surface area contributed by atoms with Gasteiger partial charge in [0.2, 0.25) is 10.0 Å². The minimum Gasteiger partial charge on any atom is -0.490 e.